The molecular formula is C31H32N2O5. The van der Waals surface area contributed by atoms with Crippen molar-refractivity contribution in [2.75, 3.05) is 32.2 Å². The third-order valence-corrected chi connectivity index (χ3v) is 7.01. The van der Waals surface area contributed by atoms with E-state index in [9.17, 15) is 14.7 Å². The molecule has 1 saturated heterocycles. The molecule has 7 nitrogen and oxygen atoms in total. The number of carbonyl (C=O) groups excluding carboxylic acids is 2. The fraction of sp³-hybridized carbons (Fsp3) is 0.290. The Kier molecular flexibility index (Phi) is 7.09. The van der Waals surface area contributed by atoms with E-state index < -0.39 is 17.7 Å². The number of nitrogens with zero attached hydrogens (tertiary/aromatic N) is 2. The summed E-state index contributed by atoms with van der Waals surface area (Å²) < 4.78 is 11.3. The molecule has 0 aliphatic carbocycles. The van der Waals surface area contributed by atoms with Crippen LogP contribution in [0.1, 0.15) is 41.6 Å². The number of hydrogen-bond acceptors (Lipinski definition) is 6. The number of aryl methyl sites for hydroxylation is 1. The van der Waals surface area contributed by atoms with Gasteiger partial charge in [0, 0.05) is 31.9 Å². The summed E-state index contributed by atoms with van der Waals surface area (Å²) in [5.41, 5.74) is 4.14. The summed E-state index contributed by atoms with van der Waals surface area (Å²) in [5, 5.41) is 11.5. The van der Waals surface area contributed by atoms with Gasteiger partial charge in [0.05, 0.1) is 24.8 Å². The number of Topliss-reactive ketones (excluding diaryl/α,β-unsaturated/α-hetero) is 1. The van der Waals surface area contributed by atoms with E-state index in [-0.39, 0.29) is 17.9 Å². The highest BCUT2D eigenvalue weighted by molar-refractivity contribution is 6.46. The minimum atomic E-state index is -0.741. The Balaban J connectivity index is 1.60. The first-order valence-corrected chi connectivity index (χ1v) is 12.9. The van der Waals surface area contributed by atoms with Gasteiger partial charge in [0.25, 0.3) is 11.7 Å². The zero-order chi connectivity index (χ0) is 26.8. The maximum atomic E-state index is 13.5. The molecule has 2 aliphatic rings. The van der Waals surface area contributed by atoms with Gasteiger partial charge in [0.1, 0.15) is 17.3 Å². The van der Waals surface area contributed by atoms with Gasteiger partial charge in [-0.15, -0.1) is 0 Å². The van der Waals surface area contributed by atoms with Gasteiger partial charge in [-0.05, 0) is 78.9 Å². The summed E-state index contributed by atoms with van der Waals surface area (Å²) in [4.78, 5) is 30.4. The monoisotopic (exact) mass is 512 g/mol. The molecule has 1 atom stereocenters. The number of aliphatic hydroxyl groups is 1. The minimum absolute atomic E-state index is 0.0882. The van der Waals surface area contributed by atoms with Crippen LogP contribution >= 0.6 is 0 Å². The Bertz CT molecular complexity index is 1390. The van der Waals surface area contributed by atoms with E-state index in [4.69, 9.17) is 9.47 Å². The zero-order valence-corrected chi connectivity index (χ0v) is 21.9. The first-order valence-electron chi connectivity index (χ1n) is 12.9. The Hall–Kier alpha value is -4.26. The van der Waals surface area contributed by atoms with E-state index in [1.54, 1.807) is 6.07 Å². The maximum absolute atomic E-state index is 13.5. The molecule has 0 saturated carbocycles. The standard InChI is InChI=1S/C31H32N2O5/c1-4-37-25-9-5-7-20(17-25)19-33-28(21-10-13-24(14-11-21)32(2)3)27(30(35)31(33)36)29(34)23-12-15-26-22(18-23)8-6-16-38-26/h5,7,9-15,17-18,28,34H,4,6,8,16,19H2,1-3H3/b29-27-. The molecule has 1 fully saturated rings. The van der Waals surface area contributed by atoms with Crippen molar-refractivity contribution in [3.8, 4) is 11.5 Å². The molecule has 1 amide bonds. The second-order valence-electron chi connectivity index (χ2n) is 9.77. The summed E-state index contributed by atoms with van der Waals surface area (Å²) in [6.45, 7) is 3.30. The number of anilines is 1. The lowest BCUT2D eigenvalue weighted by molar-refractivity contribution is -0.140. The first-order chi connectivity index (χ1) is 18.4. The van der Waals surface area contributed by atoms with Crippen LogP contribution in [0.5, 0.6) is 11.5 Å². The van der Waals surface area contributed by atoms with Crippen LogP contribution in [0.25, 0.3) is 5.76 Å². The van der Waals surface area contributed by atoms with Crippen LogP contribution in [0.2, 0.25) is 0 Å². The Morgan fingerprint density at radius 3 is 2.61 bits per heavy atom. The highest BCUT2D eigenvalue weighted by Gasteiger charge is 2.46. The molecule has 0 spiro atoms. The number of benzene rings is 3. The molecule has 0 aromatic heterocycles. The molecule has 0 bridgehead atoms. The summed E-state index contributed by atoms with van der Waals surface area (Å²) in [6, 6.07) is 19.9. The largest absolute Gasteiger partial charge is 0.507 e. The Morgan fingerprint density at radius 1 is 1.08 bits per heavy atom. The molecular weight excluding hydrogens is 480 g/mol. The number of amides is 1. The van der Waals surface area contributed by atoms with E-state index >= 15 is 0 Å². The van der Waals surface area contributed by atoms with Crippen LogP contribution in [-0.4, -0.2) is 49.0 Å². The minimum Gasteiger partial charge on any atom is -0.507 e. The summed E-state index contributed by atoms with van der Waals surface area (Å²) in [5.74, 6) is -0.0255. The molecule has 2 aliphatic heterocycles. The van der Waals surface area contributed by atoms with Crippen molar-refractivity contribution >= 4 is 23.1 Å². The van der Waals surface area contributed by atoms with Crippen LogP contribution < -0.4 is 14.4 Å². The molecule has 1 N–H and O–H groups in total. The van der Waals surface area contributed by atoms with Crippen LogP contribution in [-0.2, 0) is 22.6 Å². The van der Waals surface area contributed by atoms with Gasteiger partial charge in [0.15, 0.2) is 0 Å². The predicted octanol–water partition coefficient (Wildman–Crippen LogP) is 5.10. The van der Waals surface area contributed by atoms with E-state index in [0.717, 1.165) is 41.0 Å². The molecule has 196 valence electrons. The molecule has 3 aromatic rings. The Morgan fingerprint density at radius 2 is 1.87 bits per heavy atom. The highest BCUT2D eigenvalue weighted by Crippen LogP contribution is 2.41. The molecule has 3 aromatic carbocycles. The lowest BCUT2D eigenvalue weighted by atomic mass is 9.93. The lowest BCUT2D eigenvalue weighted by Gasteiger charge is -2.26. The molecule has 7 heteroatoms. The zero-order valence-electron chi connectivity index (χ0n) is 21.9. The van der Waals surface area contributed by atoms with Gasteiger partial charge >= 0.3 is 0 Å². The van der Waals surface area contributed by atoms with Crippen LogP contribution in [0.15, 0.2) is 72.3 Å². The predicted molar refractivity (Wildman–Crippen MR) is 146 cm³/mol. The van der Waals surface area contributed by atoms with Crippen molar-refractivity contribution in [3.05, 3.63) is 94.6 Å². The molecule has 1 unspecified atom stereocenters. The van der Waals surface area contributed by atoms with Crippen LogP contribution in [0.4, 0.5) is 5.69 Å². The highest BCUT2D eigenvalue weighted by atomic mass is 16.5. The normalized spacial score (nSPS) is 18.2. The average Bonchev–Trinajstić information content (AvgIpc) is 3.17. The lowest BCUT2D eigenvalue weighted by Crippen LogP contribution is -2.29. The molecule has 5 rings (SSSR count). The van der Waals surface area contributed by atoms with Crippen LogP contribution in [0, 0.1) is 0 Å². The number of aliphatic hydroxyl groups excluding tert-OH is 1. The first kappa shape index (κ1) is 25.4. The number of ketones is 1. The number of ether oxygens (including phenoxy) is 2. The molecule has 2 heterocycles. The van der Waals surface area contributed by atoms with Crippen molar-refractivity contribution in [2.45, 2.75) is 32.4 Å². The van der Waals surface area contributed by atoms with Crippen molar-refractivity contribution in [1.29, 1.82) is 0 Å². The smallest absolute Gasteiger partial charge is 0.295 e. The van der Waals surface area contributed by atoms with Crippen LogP contribution in [0.3, 0.4) is 0 Å². The number of fused-ring (bicyclic) bond motifs is 1. The number of likely N-dealkylation sites (tertiary alicyclic amines) is 1. The second-order valence-corrected chi connectivity index (χ2v) is 9.77. The fourth-order valence-corrected chi connectivity index (χ4v) is 5.10. The van der Waals surface area contributed by atoms with E-state index in [0.29, 0.717) is 24.5 Å². The van der Waals surface area contributed by atoms with Gasteiger partial charge in [-0.3, -0.25) is 9.59 Å². The Labute approximate surface area is 222 Å². The third-order valence-electron chi connectivity index (χ3n) is 7.01. The maximum Gasteiger partial charge on any atom is 0.295 e. The fourth-order valence-electron chi connectivity index (χ4n) is 5.10. The van der Waals surface area contributed by atoms with E-state index in [1.165, 1.54) is 4.90 Å². The summed E-state index contributed by atoms with van der Waals surface area (Å²) >= 11 is 0. The number of rotatable bonds is 7. The van der Waals surface area contributed by atoms with E-state index in [2.05, 4.69) is 0 Å². The van der Waals surface area contributed by atoms with Crippen molar-refractivity contribution in [1.82, 2.24) is 4.90 Å². The quantitative estimate of drug-likeness (QED) is 0.270. The van der Waals surface area contributed by atoms with Crippen molar-refractivity contribution in [2.24, 2.45) is 0 Å². The van der Waals surface area contributed by atoms with Gasteiger partial charge in [0.2, 0.25) is 0 Å². The topological polar surface area (TPSA) is 79.3 Å². The summed E-state index contributed by atoms with van der Waals surface area (Å²) in [7, 11) is 3.90. The van der Waals surface area contributed by atoms with Gasteiger partial charge < -0.3 is 24.4 Å². The number of carbonyl (C=O) groups is 2. The van der Waals surface area contributed by atoms with Gasteiger partial charge in [-0.2, -0.15) is 0 Å². The summed E-state index contributed by atoms with van der Waals surface area (Å²) in [6.07, 6.45) is 1.72. The van der Waals surface area contributed by atoms with Crippen molar-refractivity contribution < 1.29 is 24.2 Å². The van der Waals surface area contributed by atoms with Crippen molar-refractivity contribution in [3.63, 3.8) is 0 Å². The number of hydrogen-bond donors (Lipinski definition) is 1. The van der Waals surface area contributed by atoms with Gasteiger partial charge in [-0.25, -0.2) is 0 Å². The average molecular weight is 513 g/mol. The molecule has 38 heavy (non-hydrogen) atoms. The SMILES string of the molecule is CCOc1cccc(CN2C(=O)C(=O)/C(=C(\O)c3ccc4c(c3)CCCO4)C2c2ccc(N(C)C)cc2)c1. The second kappa shape index (κ2) is 10.6. The molecule has 0 radical (unpaired) electrons. The van der Waals surface area contributed by atoms with Gasteiger partial charge in [-0.1, -0.05) is 24.3 Å². The van der Waals surface area contributed by atoms with E-state index in [1.807, 2.05) is 86.6 Å². The third kappa shape index (κ3) is 4.84.